The molecule has 30 heavy (non-hydrogen) atoms. The van der Waals surface area contributed by atoms with Gasteiger partial charge in [0, 0.05) is 55.9 Å². The molecule has 0 atom stereocenters. The minimum atomic E-state index is -0.0461. The van der Waals surface area contributed by atoms with Crippen molar-refractivity contribution < 1.29 is 9.59 Å². The van der Waals surface area contributed by atoms with Crippen molar-refractivity contribution in [2.75, 3.05) is 25.0 Å². The predicted octanol–water partition coefficient (Wildman–Crippen LogP) is 4.19. The zero-order valence-corrected chi connectivity index (χ0v) is 17.6. The fourth-order valence-corrected chi connectivity index (χ4v) is 4.12. The van der Waals surface area contributed by atoms with Crippen molar-refractivity contribution in [3.8, 4) is 0 Å². The van der Waals surface area contributed by atoms with Gasteiger partial charge in [-0.25, -0.2) is 4.79 Å². The number of benzene rings is 1. The fourth-order valence-electron chi connectivity index (χ4n) is 4.12. The molecule has 1 aliphatic heterocycles. The topological polar surface area (TPSA) is 65.5 Å². The van der Waals surface area contributed by atoms with Crippen LogP contribution in [0.5, 0.6) is 0 Å². The number of hydrogen-bond acceptors (Lipinski definition) is 4. The molecule has 2 heterocycles. The Hall–Kier alpha value is -2.73. The number of anilines is 1. The summed E-state index contributed by atoms with van der Waals surface area (Å²) in [7, 11) is 0. The van der Waals surface area contributed by atoms with E-state index in [1.165, 1.54) is 18.4 Å². The maximum absolute atomic E-state index is 13.1. The molecule has 2 amide bonds. The van der Waals surface area contributed by atoms with Gasteiger partial charge in [-0.05, 0) is 68.4 Å². The second-order valence-corrected chi connectivity index (χ2v) is 8.53. The van der Waals surface area contributed by atoms with Crippen molar-refractivity contribution >= 4 is 17.5 Å². The lowest BCUT2D eigenvalue weighted by molar-refractivity contribution is 0.101. The molecule has 1 aromatic heterocycles. The van der Waals surface area contributed by atoms with Crippen molar-refractivity contribution in [1.29, 1.82) is 0 Å². The van der Waals surface area contributed by atoms with Gasteiger partial charge in [-0.1, -0.05) is 12.1 Å². The third-order valence-corrected chi connectivity index (χ3v) is 6.09. The van der Waals surface area contributed by atoms with E-state index in [0.717, 1.165) is 39.0 Å². The van der Waals surface area contributed by atoms with Gasteiger partial charge in [-0.15, -0.1) is 0 Å². The molecule has 6 heteroatoms. The van der Waals surface area contributed by atoms with Gasteiger partial charge in [0.25, 0.3) is 0 Å². The van der Waals surface area contributed by atoms with Crippen LogP contribution in [0.3, 0.4) is 0 Å². The Labute approximate surface area is 178 Å². The summed E-state index contributed by atoms with van der Waals surface area (Å²) < 4.78 is 0. The highest BCUT2D eigenvalue weighted by atomic mass is 16.2. The number of carbonyl (C=O) groups is 2. The van der Waals surface area contributed by atoms with Gasteiger partial charge in [0.2, 0.25) is 0 Å². The number of pyridine rings is 1. The average Bonchev–Trinajstić information content (AvgIpc) is 3.58. The number of ketones is 1. The number of piperidine rings is 1. The summed E-state index contributed by atoms with van der Waals surface area (Å²) in [5.74, 6) is 0.636. The van der Waals surface area contributed by atoms with Crippen LogP contribution in [0.15, 0.2) is 48.8 Å². The van der Waals surface area contributed by atoms with Gasteiger partial charge in [0.15, 0.2) is 5.78 Å². The molecule has 2 aromatic rings. The highest BCUT2D eigenvalue weighted by Crippen LogP contribution is 2.32. The number of likely N-dealkylation sites (tertiary alicyclic amines) is 1. The van der Waals surface area contributed by atoms with E-state index in [1.54, 1.807) is 19.1 Å². The number of Topliss-reactive ketones (excluding diaryl/α,β-unsaturated/α-hetero) is 1. The van der Waals surface area contributed by atoms with Crippen molar-refractivity contribution in [2.24, 2.45) is 5.92 Å². The summed E-state index contributed by atoms with van der Waals surface area (Å²) >= 11 is 0. The molecular formula is C24H30N4O2. The number of urea groups is 1. The molecule has 1 saturated carbocycles. The SMILES string of the molecule is CC(=O)c1cccc(NC(=O)N(CC2CC2)C2CCN(Cc3ccncc3)CC2)c1. The number of nitrogens with zero attached hydrogens (tertiary/aromatic N) is 3. The Kier molecular flexibility index (Phi) is 6.43. The van der Waals surface area contributed by atoms with Crippen LogP contribution in [0.25, 0.3) is 0 Å². The van der Waals surface area contributed by atoms with Crippen LogP contribution in [0.2, 0.25) is 0 Å². The first-order chi connectivity index (χ1) is 14.6. The monoisotopic (exact) mass is 406 g/mol. The summed E-state index contributed by atoms with van der Waals surface area (Å²) in [6.07, 6.45) is 8.07. The first kappa shape index (κ1) is 20.5. The van der Waals surface area contributed by atoms with Gasteiger partial charge in [-0.2, -0.15) is 0 Å². The summed E-state index contributed by atoms with van der Waals surface area (Å²) in [5, 5.41) is 3.03. The summed E-state index contributed by atoms with van der Waals surface area (Å²) in [5.41, 5.74) is 2.58. The maximum atomic E-state index is 13.1. The molecule has 0 unspecified atom stereocenters. The summed E-state index contributed by atoms with van der Waals surface area (Å²) in [4.78, 5) is 33.4. The zero-order chi connectivity index (χ0) is 20.9. The number of aromatic nitrogens is 1. The molecule has 6 nitrogen and oxygen atoms in total. The Morgan fingerprint density at radius 1 is 1.10 bits per heavy atom. The number of amides is 2. The number of rotatable bonds is 7. The van der Waals surface area contributed by atoms with Gasteiger partial charge in [-0.3, -0.25) is 14.7 Å². The molecule has 2 fully saturated rings. The van der Waals surface area contributed by atoms with Crippen molar-refractivity contribution in [3.05, 3.63) is 59.9 Å². The molecule has 1 aliphatic carbocycles. The molecule has 0 spiro atoms. The minimum Gasteiger partial charge on any atom is -0.321 e. The molecule has 0 bridgehead atoms. The lowest BCUT2D eigenvalue weighted by atomic mass is 10.0. The van der Waals surface area contributed by atoms with E-state index in [0.29, 0.717) is 17.2 Å². The van der Waals surface area contributed by atoms with E-state index in [-0.39, 0.29) is 17.9 Å². The van der Waals surface area contributed by atoms with Crippen LogP contribution in [0.1, 0.15) is 48.5 Å². The van der Waals surface area contributed by atoms with Crippen LogP contribution in [0, 0.1) is 5.92 Å². The van der Waals surface area contributed by atoms with Gasteiger partial charge < -0.3 is 10.2 Å². The highest BCUT2D eigenvalue weighted by Gasteiger charge is 2.33. The Balaban J connectivity index is 1.37. The summed E-state index contributed by atoms with van der Waals surface area (Å²) in [6.45, 7) is 5.28. The third kappa shape index (κ3) is 5.45. The second kappa shape index (κ2) is 9.39. The minimum absolute atomic E-state index is 0.00232. The molecule has 158 valence electrons. The van der Waals surface area contributed by atoms with Crippen molar-refractivity contribution in [2.45, 2.75) is 45.2 Å². The first-order valence-electron chi connectivity index (χ1n) is 10.9. The molecule has 1 saturated heterocycles. The largest absolute Gasteiger partial charge is 0.322 e. The van der Waals surface area contributed by atoms with Crippen LogP contribution < -0.4 is 5.32 Å². The Bertz CT molecular complexity index is 874. The van der Waals surface area contributed by atoms with Crippen LogP contribution in [0.4, 0.5) is 10.5 Å². The molecule has 4 rings (SSSR count). The quantitative estimate of drug-likeness (QED) is 0.700. The lowest BCUT2D eigenvalue weighted by Gasteiger charge is -2.38. The van der Waals surface area contributed by atoms with Crippen molar-refractivity contribution in [1.82, 2.24) is 14.8 Å². The molecule has 1 aromatic carbocycles. The molecule has 0 radical (unpaired) electrons. The fraction of sp³-hybridized carbons (Fsp3) is 0.458. The van der Waals surface area contributed by atoms with E-state index in [1.807, 2.05) is 29.4 Å². The predicted molar refractivity (Wildman–Crippen MR) is 117 cm³/mol. The van der Waals surface area contributed by atoms with E-state index < -0.39 is 0 Å². The highest BCUT2D eigenvalue weighted by molar-refractivity contribution is 5.96. The number of carbonyl (C=O) groups excluding carboxylic acids is 2. The standard InChI is InChI=1S/C24H30N4O2/c1-18(29)21-3-2-4-22(15-21)26-24(30)28(17-19-5-6-19)23-9-13-27(14-10-23)16-20-7-11-25-12-8-20/h2-4,7-8,11-12,15,19,23H,5-6,9-10,13-14,16-17H2,1H3,(H,26,30). The Morgan fingerprint density at radius 2 is 1.83 bits per heavy atom. The number of hydrogen-bond donors (Lipinski definition) is 1. The summed E-state index contributed by atoms with van der Waals surface area (Å²) in [6, 6.07) is 11.5. The van der Waals surface area contributed by atoms with Crippen LogP contribution in [-0.2, 0) is 6.54 Å². The lowest BCUT2D eigenvalue weighted by Crippen LogP contribution is -2.49. The zero-order valence-electron chi connectivity index (χ0n) is 17.6. The smallest absolute Gasteiger partial charge is 0.321 e. The van der Waals surface area contributed by atoms with E-state index in [2.05, 4.69) is 27.3 Å². The van der Waals surface area contributed by atoms with Gasteiger partial charge in [0.05, 0.1) is 0 Å². The van der Waals surface area contributed by atoms with E-state index in [4.69, 9.17) is 0 Å². The number of nitrogens with one attached hydrogen (secondary N) is 1. The molecular weight excluding hydrogens is 376 g/mol. The third-order valence-electron chi connectivity index (χ3n) is 6.09. The van der Waals surface area contributed by atoms with Gasteiger partial charge in [0.1, 0.15) is 0 Å². The normalized spacial score (nSPS) is 17.5. The first-order valence-corrected chi connectivity index (χ1v) is 10.9. The average molecular weight is 407 g/mol. The van der Waals surface area contributed by atoms with E-state index in [9.17, 15) is 9.59 Å². The van der Waals surface area contributed by atoms with E-state index >= 15 is 0 Å². The Morgan fingerprint density at radius 3 is 2.50 bits per heavy atom. The molecule has 2 aliphatic rings. The maximum Gasteiger partial charge on any atom is 0.322 e. The van der Waals surface area contributed by atoms with Crippen LogP contribution >= 0.6 is 0 Å². The molecule has 1 N–H and O–H groups in total. The van der Waals surface area contributed by atoms with Crippen LogP contribution in [-0.4, -0.2) is 52.3 Å². The van der Waals surface area contributed by atoms with Crippen molar-refractivity contribution in [3.63, 3.8) is 0 Å². The van der Waals surface area contributed by atoms with Gasteiger partial charge >= 0.3 is 6.03 Å². The second-order valence-electron chi connectivity index (χ2n) is 8.53.